The number of benzene rings is 1. The summed E-state index contributed by atoms with van der Waals surface area (Å²) >= 11 is 0. The van der Waals surface area contributed by atoms with Gasteiger partial charge in [0.1, 0.15) is 0 Å². The number of carbonyl (C=O) groups excluding carboxylic acids is 1. The van der Waals surface area contributed by atoms with Gasteiger partial charge in [0.25, 0.3) is 0 Å². The first kappa shape index (κ1) is 15.5. The molecule has 4 heteroatoms. The first-order chi connectivity index (χ1) is 11.2. The van der Waals surface area contributed by atoms with Crippen molar-refractivity contribution in [2.75, 3.05) is 13.1 Å². The number of hydrogen-bond acceptors (Lipinski definition) is 2. The van der Waals surface area contributed by atoms with Crippen LogP contribution in [0.2, 0.25) is 0 Å². The molecule has 0 saturated carbocycles. The zero-order valence-electron chi connectivity index (χ0n) is 13.6. The van der Waals surface area contributed by atoms with Crippen LogP contribution < -0.4 is 0 Å². The molecule has 1 aromatic carbocycles. The summed E-state index contributed by atoms with van der Waals surface area (Å²) in [6.45, 7) is 1.68. The zero-order chi connectivity index (χ0) is 16.1. The predicted molar refractivity (Wildman–Crippen MR) is 91.9 cm³/mol. The molecule has 4 nitrogen and oxygen atoms in total. The van der Waals surface area contributed by atoms with E-state index in [4.69, 9.17) is 0 Å². The van der Waals surface area contributed by atoms with E-state index in [1.54, 1.807) is 17.0 Å². The Bertz CT molecular complexity index is 675. The largest absolute Gasteiger partial charge is 0.339 e. The fourth-order valence-electron chi connectivity index (χ4n) is 3.17. The van der Waals surface area contributed by atoms with Crippen LogP contribution in [0.4, 0.5) is 0 Å². The van der Waals surface area contributed by atoms with Crippen LogP contribution in [-0.2, 0) is 11.8 Å². The van der Waals surface area contributed by atoms with Crippen LogP contribution >= 0.6 is 0 Å². The number of aromatic nitrogens is 2. The first-order valence-electron chi connectivity index (χ1n) is 8.23. The van der Waals surface area contributed by atoms with Crippen LogP contribution in [0, 0.1) is 0 Å². The smallest absolute Gasteiger partial charge is 0.246 e. The van der Waals surface area contributed by atoms with Gasteiger partial charge in [-0.1, -0.05) is 30.3 Å². The van der Waals surface area contributed by atoms with E-state index in [2.05, 4.69) is 35.4 Å². The van der Waals surface area contributed by atoms with Gasteiger partial charge in [-0.25, -0.2) is 0 Å². The molecule has 0 N–H and O–H groups in total. The van der Waals surface area contributed by atoms with Gasteiger partial charge in [-0.2, -0.15) is 5.10 Å². The fourth-order valence-corrected chi connectivity index (χ4v) is 3.17. The van der Waals surface area contributed by atoms with Crippen molar-refractivity contribution in [2.45, 2.75) is 25.2 Å². The van der Waals surface area contributed by atoms with Crippen molar-refractivity contribution < 1.29 is 4.79 Å². The van der Waals surface area contributed by atoms with Crippen LogP contribution in [0.3, 0.4) is 0 Å². The van der Waals surface area contributed by atoms with E-state index < -0.39 is 0 Å². The molecule has 1 atom stereocenters. The maximum Gasteiger partial charge on any atom is 0.246 e. The van der Waals surface area contributed by atoms with Crippen molar-refractivity contribution in [3.05, 3.63) is 59.9 Å². The lowest BCUT2D eigenvalue weighted by Gasteiger charge is -2.19. The van der Waals surface area contributed by atoms with Crippen LogP contribution in [0.15, 0.2) is 48.8 Å². The number of nitrogens with zero attached hydrogens (tertiary/aromatic N) is 3. The number of amides is 1. The minimum atomic E-state index is 0.0996. The van der Waals surface area contributed by atoms with Crippen LogP contribution in [0.1, 0.15) is 36.3 Å². The molecule has 120 valence electrons. The van der Waals surface area contributed by atoms with E-state index in [9.17, 15) is 4.79 Å². The molecular weight excluding hydrogens is 286 g/mol. The highest BCUT2D eigenvalue weighted by atomic mass is 16.2. The Hall–Kier alpha value is -2.36. The monoisotopic (exact) mass is 309 g/mol. The van der Waals surface area contributed by atoms with E-state index in [-0.39, 0.29) is 5.91 Å². The second-order valence-corrected chi connectivity index (χ2v) is 6.14. The summed E-state index contributed by atoms with van der Waals surface area (Å²) in [6, 6.07) is 10.6. The molecule has 1 saturated heterocycles. The minimum Gasteiger partial charge on any atom is -0.339 e. The molecule has 2 aromatic rings. The summed E-state index contributed by atoms with van der Waals surface area (Å²) in [5.74, 6) is 0.666. The quantitative estimate of drug-likeness (QED) is 0.816. The van der Waals surface area contributed by atoms with Gasteiger partial charge < -0.3 is 4.90 Å². The third-order valence-corrected chi connectivity index (χ3v) is 4.45. The average Bonchev–Trinajstić information content (AvgIpc) is 2.85. The van der Waals surface area contributed by atoms with Crippen molar-refractivity contribution in [3.8, 4) is 0 Å². The van der Waals surface area contributed by atoms with Crippen LogP contribution in [0.25, 0.3) is 6.08 Å². The Morgan fingerprint density at radius 1 is 1.22 bits per heavy atom. The second-order valence-electron chi connectivity index (χ2n) is 6.14. The minimum absolute atomic E-state index is 0.0996. The molecule has 2 heterocycles. The first-order valence-corrected chi connectivity index (χ1v) is 8.23. The maximum absolute atomic E-state index is 12.4. The molecule has 0 unspecified atom stereocenters. The van der Waals surface area contributed by atoms with Gasteiger partial charge >= 0.3 is 0 Å². The highest BCUT2D eigenvalue weighted by molar-refractivity contribution is 5.91. The van der Waals surface area contributed by atoms with Crippen molar-refractivity contribution in [3.63, 3.8) is 0 Å². The summed E-state index contributed by atoms with van der Waals surface area (Å²) in [6.07, 6.45) is 10.4. The Labute approximate surface area is 137 Å². The van der Waals surface area contributed by atoms with Gasteiger partial charge in [-0.05, 0) is 36.8 Å². The van der Waals surface area contributed by atoms with Gasteiger partial charge in [0.15, 0.2) is 0 Å². The molecule has 1 fully saturated rings. The fraction of sp³-hybridized carbons (Fsp3) is 0.368. The average molecular weight is 309 g/mol. The molecule has 0 bridgehead atoms. The molecule has 23 heavy (non-hydrogen) atoms. The van der Waals surface area contributed by atoms with E-state index in [0.29, 0.717) is 5.92 Å². The molecule has 1 aliphatic rings. The SMILES string of the molecule is Cn1cc(/C=C/C(=O)N2CCC[C@@H](c3ccccc3)CC2)cn1. The molecule has 0 radical (unpaired) electrons. The summed E-state index contributed by atoms with van der Waals surface area (Å²) in [5, 5.41) is 4.11. The predicted octanol–water partition coefficient (Wildman–Crippen LogP) is 3.23. The zero-order valence-corrected chi connectivity index (χ0v) is 13.6. The van der Waals surface area contributed by atoms with Crippen molar-refractivity contribution in [1.29, 1.82) is 0 Å². The Balaban J connectivity index is 1.59. The molecule has 1 aliphatic heterocycles. The summed E-state index contributed by atoms with van der Waals surface area (Å²) in [5.41, 5.74) is 2.35. The molecule has 0 aliphatic carbocycles. The third-order valence-electron chi connectivity index (χ3n) is 4.45. The van der Waals surface area contributed by atoms with Crippen molar-refractivity contribution in [1.82, 2.24) is 14.7 Å². The van der Waals surface area contributed by atoms with Crippen molar-refractivity contribution in [2.24, 2.45) is 7.05 Å². The number of rotatable bonds is 3. The molecule has 0 spiro atoms. The lowest BCUT2D eigenvalue weighted by Crippen LogP contribution is -2.30. The molecular formula is C19H23N3O. The molecule has 1 aromatic heterocycles. The third kappa shape index (κ3) is 4.09. The van der Waals surface area contributed by atoms with Crippen molar-refractivity contribution >= 4 is 12.0 Å². The molecule has 1 amide bonds. The topological polar surface area (TPSA) is 38.1 Å². The Morgan fingerprint density at radius 2 is 2.04 bits per heavy atom. The van der Waals surface area contributed by atoms with Gasteiger partial charge in [-0.3, -0.25) is 9.48 Å². The number of aryl methyl sites for hydroxylation is 1. The van der Waals surface area contributed by atoms with Gasteiger partial charge in [0.05, 0.1) is 6.20 Å². The normalized spacial score (nSPS) is 19.0. The molecule has 3 rings (SSSR count). The Morgan fingerprint density at radius 3 is 2.78 bits per heavy atom. The van der Waals surface area contributed by atoms with Crippen LogP contribution in [0.5, 0.6) is 0 Å². The van der Waals surface area contributed by atoms with E-state index in [0.717, 1.165) is 37.9 Å². The second kappa shape index (κ2) is 7.27. The highest BCUT2D eigenvalue weighted by Gasteiger charge is 2.20. The van der Waals surface area contributed by atoms with Gasteiger partial charge in [-0.15, -0.1) is 0 Å². The van der Waals surface area contributed by atoms with E-state index in [1.165, 1.54) is 5.56 Å². The summed E-state index contributed by atoms with van der Waals surface area (Å²) < 4.78 is 1.74. The van der Waals surface area contributed by atoms with E-state index >= 15 is 0 Å². The van der Waals surface area contributed by atoms with Gasteiger partial charge in [0.2, 0.25) is 5.91 Å². The number of hydrogen-bond donors (Lipinski definition) is 0. The van der Waals surface area contributed by atoms with E-state index in [1.807, 2.05) is 24.2 Å². The maximum atomic E-state index is 12.4. The van der Waals surface area contributed by atoms with Crippen LogP contribution in [-0.4, -0.2) is 33.7 Å². The summed E-state index contributed by atoms with van der Waals surface area (Å²) in [7, 11) is 1.87. The number of carbonyl (C=O) groups is 1. The standard InChI is InChI=1S/C19H23N3O/c1-21-15-16(14-20-21)9-10-19(23)22-12-5-8-18(11-13-22)17-6-3-2-4-7-17/h2-4,6-7,9-10,14-15,18H,5,8,11-13H2,1H3/b10-9+/t18-/m1/s1. The highest BCUT2D eigenvalue weighted by Crippen LogP contribution is 2.27. The van der Waals surface area contributed by atoms with Gasteiger partial charge in [0, 0.05) is 38.0 Å². The summed E-state index contributed by atoms with van der Waals surface area (Å²) in [4.78, 5) is 14.4. The lowest BCUT2D eigenvalue weighted by molar-refractivity contribution is -0.125. The Kier molecular flexibility index (Phi) is 4.91. The number of likely N-dealkylation sites (tertiary alicyclic amines) is 1. The lowest BCUT2D eigenvalue weighted by atomic mass is 9.92.